The van der Waals surface area contributed by atoms with E-state index in [4.69, 9.17) is 0 Å². The van der Waals surface area contributed by atoms with Gasteiger partial charge in [-0.15, -0.1) is 0 Å². The molecule has 0 aromatic heterocycles. The van der Waals surface area contributed by atoms with Crippen LogP contribution in [0.15, 0.2) is 0 Å². The maximum Gasteiger partial charge on any atom is 0.220 e. The summed E-state index contributed by atoms with van der Waals surface area (Å²) in [7, 11) is 0. The molecule has 0 rings (SSSR count). The summed E-state index contributed by atoms with van der Waals surface area (Å²) >= 11 is 0. The van der Waals surface area contributed by atoms with Crippen molar-refractivity contribution < 1.29 is 15.0 Å². The van der Waals surface area contributed by atoms with Gasteiger partial charge in [-0.05, 0) is 12.8 Å². The molecule has 0 aromatic carbocycles. The van der Waals surface area contributed by atoms with Crippen molar-refractivity contribution in [3.05, 3.63) is 0 Å². The molecule has 4 heteroatoms. The second-order valence-electron chi connectivity index (χ2n) is 8.41. The van der Waals surface area contributed by atoms with Crippen molar-refractivity contribution in [1.29, 1.82) is 0 Å². The van der Waals surface area contributed by atoms with Gasteiger partial charge in [-0.3, -0.25) is 4.79 Å². The molecule has 2 unspecified atom stereocenters. The molecule has 0 aliphatic heterocycles. The van der Waals surface area contributed by atoms with Crippen LogP contribution in [-0.4, -0.2) is 34.9 Å². The summed E-state index contributed by atoms with van der Waals surface area (Å²) in [5, 5.41) is 22.5. The molecule has 4 nitrogen and oxygen atoms in total. The summed E-state index contributed by atoms with van der Waals surface area (Å²) in [6.07, 6.45) is 20.0. The molecule has 0 aliphatic carbocycles. The molecular weight excluding hydrogens is 350 g/mol. The van der Waals surface area contributed by atoms with Crippen LogP contribution >= 0.6 is 0 Å². The molecule has 0 heterocycles. The van der Waals surface area contributed by atoms with Crippen molar-refractivity contribution in [2.24, 2.45) is 0 Å². The van der Waals surface area contributed by atoms with Gasteiger partial charge >= 0.3 is 0 Å². The molecule has 0 saturated heterocycles. The topological polar surface area (TPSA) is 69.6 Å². The molecule has 0 bridgehead atoms. The number of unbranched alkanes of at least 4 members (excludes halogenated alkanes) is 14. The van der Waals surface area contributed by atoms with E-state index in [2.05, 4.69) is 19.2 Å². The Balaban J connectivity index is 3.64. The molecule has 3 N–H and O–H groups in total. The molecule has 0 aliphatic rings. The van der Waals surface area contributed by atoms with Crippen LogP contribution in [0, 0.1) is 0 Å². The van der Waals surface area contributed by atoms with Gasteiger partial charge in [-0.2, -0.15) is 0 Å². The maximum absolute atomic E-state index is 12.1. The first-order valence-corrected chi connectivity index (χ1v) is 12.2. The number of rotatable bonds is 21. The minimum absolute atomic E-state index is 0.0411. The number of hydrogen-bond acceptors (Lipinski definition) is 3. The van der Waals surface area contributed by atoms with Crippen LogP contribution in [0.25, 0.3) is 0 Å². The summed E-state index contributed by atoms with van der Waals surface area (Å²) in [6.45, 7) is 4.25. The molecule has 0 aromatic rings. The molecule has 168 valence electrons. The van der Waals surface area contributed by atoms with Crippen LogP contribution in [0.4, 0.5) is 0 Å². The number of amides is 1. The molecular formula is C24H49NO3. The highest BCUT2D eigenvalue weighted by atomic mass is 16.3. The second kappa shape index (κ2) is 21.1. The highest BCUT2D eigenvalue weighted by Gasteiger charge is 2.19. The third-order valence-electron chi connectivity index (χ3n) is 5.62. The molecule has 28 heavy (non-hydrogen) atoms. The molecule has 1 amide bonds. The number of carbonyl (C=O) groups excluding carboxylic acids is 1. The van der Waals surface area contributed by atoms with Crippen LogP contribution in [0.5, 0.6) is 0 Å². The van der Waals surface area contributed by atoms with Crippen molar-refractivity contribution in [3.8, 4) is 0 Å². The second-order valence-corrected chi connectivity index (χ2v) is 8.41. The van der Waals surface area contributed by atoms with Crippen LogP contribution in [0.1, 0.15) is 129 Å². The van der Waals surface area contributed by atoms with Gasteiger partial charge in [-0.1, -0.05) is 110 Å². The number of hydrogen-bond donors (Lipinski definition) is 3. The zero-order valence-electron chi connectivity index (χ0n) is 18.9. The van der Waals surface area contributed by atoms with Gasteiger partial charge in [0.2, 0.25) is 5.91 Å². The minimum Gasteiger partial charge on any atom is -0.394 e. The van der Waals surface area contributed by atoms with Crippen LogP contribution < -0.4 is 5.32 Å². The smallest absolute Gasteiger partial charge is 0.220 e. The molecule has 0 fully saturated rings. The van der Waals surface area contributed by atoms with Crippen LogP contribution in [-0.2, 0) is 4.79 Å². The van der Waals surface area contributed by atoms with E-state index in [1.165, 1.54) is 77.0 Å². The fraction of sp³-hybridized carbons (Fsp3) is 0.958. The Bertz CT molecular complexity index is 336. The van der Waals surface area contributed by atoms with Crippen molar-refractivity contribution >= 4 is 5.91 Å². The van der Waals surface area contributed by atoms with Crippen molar-refractivity contribution in [1.82, 2.24) is 5.32 Å². The number of aliphatic hydroxyl groups is 2. The van der Waals surface area contributed by atoms with Crippen molar-refractivity contribution in [3.63, 3.8) is 0 Å². The lowest BCUT2D eigenvalue weighted by Crippen LogP contribution is -2.45. The van der Waals surface area contributed by atoms with Gasteiger partial charge in [0.25, 0.3) is 0 Å². The average molecular weight is 400 g/mol. The lowest BCUT2D eigenvalue weighted by molar-refractivity contribution is -0.123. The Morgan fingerprint density at radius 2 is 1.14 bits per heavy atom. The monoisotopic (exact) mass is 399 g/mol. The maximum atomic E-state index is 12.1. The minimum atomic E-state index is -0.646. The van der Waals surface area contributed by atoms with Gasteiger partial charge in [0.05, 0.1) is 18.8 Å². The van der Waals surface area contributed by atoms with E-state index in [0.29, 0.717) is 12.8 Å². The fourth-order valence-corrected chi connectivity index (χ4v) is 3.65. The normalized spacial score (nSPS) is 13.4. The molecule has 0 radical (unpaired) electrons. The lowest BCUT2D eigenvalue weighted by Gasteiger charge is -2.22. The summed E-state index contributed by atoms with van der Waals surface area (Å²) in [6, 6.07) is -0.522. The predicted octanol–water partition coefficient (Wildman–Crippen LogP) is 5.89. The van der Waals surface area contributed by atoms with Gasteiger partial charge in [0.1, 0.15) is 0 Å². The zero-order valence-corrected chi connectivity index (χ0v) is 18.9. The Labute approximate surface area is 174 Å². The predicted molar refractivity (Wildman–Crippen MR) is 119 cm³/mol. The Kier molecular flexibility index (Phi) is 20.6. The number of carbonyl (C=O) groups is 1. The van der Waals surface area contributed by atoms with Gasteiger partial charge < -0.3 is 15.5 Å². The standard InChI is InChI=1S/C24H49NO3/c1-3-5-7-9-11-12-13-14-16-18-20-24(28)25-22(21-26)23(27)19-17-15-10-8-6-4-2/h22-23,26-27H,3-21H2,1-2H3,(H,25,28). The molecule has 0 saturated carbocycles. The zero-order chi connectivity index (χ0) is 20.9. The largest absolute Gasteiger partial charge is 0.394 e. The summed E-state index contributed by atoms with van der Waals surface area (Å²) in [5.41, 5.74) is 0. The first-order valence-electron chi connectivity index (χ1n) is 12.2. The van der Waals surface area contributed by atoms with Crippen LogP contribution in [0.2, 0.25) is 0 Å². The first kappa shape index (κ1) is 27.4. The van der Waals surface area contributed by atoms with Crippen LogP contribution in [0.3, 0.4) is 0 Å². The number of nitrogens with one attached hydrogen (secondary N) is 1. The third kappa shape index (κ3) is 17.5. The Hall–Kier alpha value is -0.610. The molecule has 0 spiro atoms. The SMILES string of the molecule is CCCCCCCCCCCCC(=O)NC(CO)C(O)CCCCCCCC. The lowest BCUT2D eigenvalue weighted by atomic mass is 10.0. The average Bonchev–Trinajstić information content (AvgIpc) is 2.70. The van der Waals surface area contributed by atoms with E-state index >= 15 is 0 Å². The molecule has 2 atom stereocenters. The van der Waals surface area contributed by atoms with Gasteiger partial charge in [-0.25, -0.2) is 0 Å². The fourth-order valence-electron chi connectivity index (χ4n) is 3.65. The quantitative estimate of drug-likeness (QED) is 0.211. The van der Waals surface area contributed by atoms with E-state index in [-0.39, 0.29) is 12.5 Å². The van der Waals surface area contributed by atoms with E-state index < -0.39 is 12.1 Å². The summed E-state index contributed by atoms with van der Waals surface area (Å²) < 4.78 is 0. The van der Waals surface area contributed by atoms with Crippen molar-refractivity contribution in [2.45, 2.75) is 142 Å². The highest BCUT2D eigenvalue weighted by Crippen LogP contribution is 2.12. The van der Waals surface area contributed by atoms with Crippen molar-refractivity contribution in [2.75, 3.05) is 6.61 Å². The van der Waals surface area contributed by atoms with Gasteiger partial charge in [0, 0.05) is 6.42 Å². The first-order chi connectivity index (χ1) is 13.7. The highest BCUT2D eigenvalue weighted by molar-refractivity contribution is 5.76. The Morgan fingerprint density at radius 1 is 0.714 bits per heavy atom. The van der Waals surface area contributed by atoms with E-state index in [9.17, 15) is 15.0 Å². The van der Waals surface area contributed by atoms with E-state index in [0.717, 1.165) is 25.7 Å². The van der Waals surface area contributed by atoms with Gasteiger partial charge in [0.15, 0.2) is 0 Å². The summed E-state index contributed by atoms with van der Waals surface area (Å²) in [5.74, 6) is -0.0411. The number of aliphatic hydroxyl groups excluding tert-OH is 2. The Morgan fingerprint density at radius 3 is 1.61 bits per heavy atom. The third-order valence-corrected chi connectivity index (χ3v) is 5.62. The van der Waals surface area contributed by atoms with E-state index in [1.807, 2.05) is 0 Å². The summed E-state index contributed by atoms with van der Waals surface area (Å²) in [4.78, 5) is 12.1. The van der Waals surface area contributed by atoms with E-state index in [1.54, 1.807) is 0 Å².